The number of carbonyl (C=O) groups is 1. The van der Waals surface area contributed by atoms with Gasteiger partial charge in [-0.05, 0) is 42.5 Å². The smallest absolute Gasteiger partial charge is 0.295 e. The quantitative estimate of drug-likeness (QED) is 0.696. The number of hydrogen-bond acceptors (Lipinski definition) is 5. The summed E-state index contributed by atoms with van der Waals surface area (Å²) >= 11 is 6.07. The molecule has 138 valence electrons. The number of tetrazole rings is 1. The summed E-state index contributed by atoms with van der Waals surface area (Å²) in [6.07, 6.45) is 0. The lowest BCUT2D eigenvalue weighted by Gasteiger charge is -2.35. The van der Waals surface area contributed by atoms with Crippen LogP contribution in [0.4, 0.5) is 5.69 Å². The molecule has 0 radical (unpaired) electrons. The van der Waals surface area contributed by atoms with Gasteiger partial charge >= 0.3 is 0 Å². The maximum atomic E-state index is 12.7. The SMILES string of the molecule is Cc1ccc(-n2nnc(C(=O)N3CCN(c4cccc(Cl)c4)CC3)n2)cc1. The van der Waals surface area contributed by atoms with Crippen molar-refractivity contribution in [2.45, 2.75) is 6.92 Å². The van der Waals surface area contributed by atoms with E-state index in [1.54, 1.807) is 4.90 Å². The van der Waals surface area contributed by atoms with Gasteiger partial charge < -0.3 is 9.80 Å². The first-order valence-electron chi connectivity index (χ1n) is 8.77. The fourth-order valence-electron chi connectivity index (χ4n) is 3.07. The second-order valence-electron chi connectivity index (χ2n) is 6.50. The summed E-state index contributed by atoms with van der Waals surface area (Å²) in [5, 5.41) is 12.9. The van der Waals surface area contributed by atoms with Crippen LogP contribution in [0.2, 0.25) is 5.02 Å². The first-order valence-corrected chi connectivity index (χ1v) is 9.15. The predicted molar refractivity (Wildman–Crippen MR) is 103 cm³/mol. The van der Waals surface area contributed by atoms with Gasteiger partial charge in [-0.15, -0.1) is 15.0 Å². The Morgan fingerprint density at radius 3 is 2.44 bits per heavy atom. The van der Waals surface area contributed by atoms with E-state index in [0.717, 1.165) is 30.0 Å². The minimum absolute atomic E-state index is 0.117. The number of anilines is 1. The lowest BCUT2D eigenvalue weighted by Crippen LogP contribution is -2.49. The van der Waals surface area contributed by atoms with Crippen molar-refractivity contribution in [2.75, 3.05) is 31.1 Å². The standard InChI is InChI=1S/C19H19ClN6O/c1-14-5-7-16(8-6-14)26-22-18(21-23-26)19(27)25-11-9-24(10-12-25)17-4-2-3-15(20)13-17/h2-8,13H,9-12H2,1H3. The summed E-state index contributed by atoms with van der Waals surface area (Å²) in [6, 6.07) is 15.5. The van der Waals surface area contributed by atoms with E-state index in [-0.39, 0.29) is 11.7 Å². The van der Waals surface area contributed by atoms with Crippen LogP contribution in [0.15, 0.2) is 48.5 Å². The summed E-state index contributed by atoms with van der Waals surface area (Å²) in [6.45, 7) is 4.68. The number of piperazine rings is 1. The molecule has 0 N–H and O–H groups in total. The lowest BCUT2D eigenvalue weighted by atomic mass is 10.2. The molecule has 1 saturated heterocycles. The first kappa shape index (κ1) is 17.5. The van der Waals surface area contributed by atoms with Crippen molar-refractivity contribution in [3.05, 3.63) is 64.9 Å². The second kappa shape index (κ2) is 7.36. The molecule has 7 nitrogen and oxygen atoms in total. The highest BCUT2D eigenvalue weighted by molar-refractivity contribution is 6.30. The van der Waals surface area contributed by atoms with E-state index in [9.17, 15) is 4.79 Å². The largest absolute Gasteiger partial charge is 0.368 e. The Hall–Kier alpha value is -2.93. The fourth-order valence-corrected chi connectivity index (χ4v) is 3.25. The van der Waals surface area contributed by atoms with E-state index in [1.165, 1.54) is 4.80 Å². The minimum Gasteiger partial charge on any atom is -0.368 e. The zero-order chi connectivity index (χ0) is 18.8. The van der Waals surface area contributed by atoms with Crippen molar-refractivity contribution in [1.29, 1.82) is 0 Å². The second-order valence-corrected chi connectivity index (χ2v) is 6.93. The van der Waals surface area contributed by atoms with E-state index >= 15 is 0 Å². The summed E-state index contributed by atoms with van der Waals surface area (Å²) in [5.74, 6) is -0.0779. The number of benzene rings is 2. The Morgan fingerprint density at radius 2 is 1.74 bits per heavy atom. The van der Waals surface area contributed by atoms with Crippen molar-refractivity contribution in [3.63, 3.8) is 0 Å². The van der Waals surface area contributed by atoms with Gasteiger partial charge in [0.25, 0.3) is 11.7 Å². The molecule has 2 heterocycles. The average molecular weight is 383 g/mol. The van der Waals surface area contributed by atoms with Crippen molar-refractivity contribution in [2.24, 2.45) is 0 Å². The summed E-state index contributed by atoms with van der Waals surface area (Å²) in [4.78, 5) is 18.1. The zero-order valence-corrected chi connectivity index (χ0v) is 15.7. The third-order valence-electron chi connectivity index (χ3n) is 4.61. The van der Waals surface area contributed by atoms with E-state index in [2.05, 4.69) is 20.3 Å². The van der Waals surface area contributed by atoms with Crippen LogP contribution in [-0.2, 0) is 0 Å². The molecule has 0 saturated carbocycles. The molecule has 0 atom stereocenters. The van der Waals surface area contributed by atoms with Crippen LogP contribution in [0.1, 0.15) is 16.2 Å². The van der Waals surface area contributed by atoms with Crippen LogP contribution in [0.25, 0.3) is 5.69 Å². The van der Waals surface area contributed by atoms with Crippen molar-refractivity contribution in [3.8, 4) is 5.69 Å². The molecule has 0 bridgehead atoms. The van der Waals surface area contributed by atoms with Gasteiger partial charge in [-0.1, -0.05) is 35.4 Å². The van der Waals surface area contributed by atoms with Gasteiger partial charge in [0.1, 0.15) is 0 Å². The van der Waals surface area contributed by atoms with Gasteiger partial charge in [-0.25, -0.2) is 0 Å². The Bertz CT molecular complexity index is 947. The number of aryl methyl sites for hydroxylation is 1. The van der Waals surface area contributed by atoms with Crippen molar-refractivity contribution in [1.82, 2.24) is 25.1 Å². The monoisotopic (exact) mass is 382 g/mol. The number of rotatable bonds is 3. The molecule has 4 rings (SSSR count). The van der Waals surface area contributed by atoms with Gasteiger partial charge in [0.15, 0.2) is 0 Å². The van der Waals surface area contributed by atoms with Crippen LogP contribution >= 0.6 is 11.6 Å². The number of hydrogen-bond donors (Lipinski definition) is 0. The van der Waals surface area contributed by atoms with Gasteiger partial charge in [0.05, 0.1) is 5.69 Å². The Morgan fingerprint density at radius 1 is 1.00 bits per heavy atom. The van der Waals surface area contributed by atoms with Crippen LogP contribution in [-0.4, -0.2) is 57.2 Å². The molecule has 0 unspecified atom stereocenters. The maximum Gasteiger partial charge on any atom is 0.295 e. The number of carbonyl (C=O) groups excluding carboxylic acids is 1. The highest BCUT2D eigenvalue weighted by Gasteiger charge is 2.25. The average Bonchev–Trinajstić information content (AvgIpc) is 3.18. The van der Waals surface area contributed by atoms with Gasteiger partial charge in [-0.3, -0.25) is 4.79 Å². The molecule has 1 fully saturated rings. The highest BCUT2D eigenvalue weighted by Crippen LogP contribution is 2.21. The van der Waals surface area contributed by atoms with E-state index in [1.807, 2.05) is 55.5 Å². The molecule has 1 aliphatic rings. The Balaban J connectivity index is 1.42. The third-order valence-corrected chi connectivity index (χ3v) is 4.85. The first-order chi connectivity index (χ1) is 13.1. The van der Waals surface area contributed by atoms with E-state index in [4.69, 9.17) is 11.6 Å². The molecule has 3 aromatic rings. The Kier molecular flexibility index (Phi) is 4.77. The summed E-state index contributed by atoms with van der Waals surface area (Å²) in [7, 11) is 0. The van der Waals surface area contributed by atoms with Crippen LogP contribution in [0.3, 0.4) is 0 Å². The van der Waals surface area contributed by atoms with Gasteiger partial charge in [0.2, 0.25) is 0 Å². The molecule has 0 spiro atoms. The summed E-state index contributed by atoms with van der Waals surface area (Å²) < 4.78 is 0. The molecule has 8 heteroatoms. The van der Waals surface area contributed by atoms with Crippen LogP contribution in [0.5, 0.6) is 0 Å². The molecule has 0 aliphatic carbocycles. The van der Waals surface area contributed by atoms with Gasteiger partial charge in [-0.2, -0.15) is 0 Å². The third kappa shape index (κ3) is 3.78. The molecule has 1 aliphatic heterocycles. The van der Waals surface area contributed by atoms with E-state index in [0.29, 0.717) is 18.1 Å². The normalized spacial score (nSPS) is 14.4. The predicted octanol–water partition coefficient (Wildman–Crippen LogP) is 2.59. The van der Waals surface area contributed by atoms with Crippen molar-refractivity contribution >= 4 is 23.2 Å². The molecular weight excluding hydrogens is 364 g/mol. The molecule has 1 amide bonds. The van der Waals surface area contributed by atoms with E-state index < -0.39 is 0 Å². The summed E-state index contributed by atoms with van der Waals surface area (Å²) in [5.41, 5.74) is 2.99. The molecule has 2 aromatic carbocycles. The molecule has 1 aromatic heterocycles. The van der Waals surface area contributed by atoms with Crippen LogP contribution < -0.4 is 4.90 Å². The maximum absolute atomic E-state index is 12.7. The highest BCUT2D eigenvalue weighted by atomic mass is 35.5. The van der Waals surface area contributed by atoms with Crippen LogP contribution in [0, 0.1) is 6.92 Å². The zero-order valence-electron chi connectivity index (χ0n) is 14.9. The fraction of sp³-hybridized carbons (Fsp3) is 0.263. The lowest BCUT2D eigenvalue weighted by molar-refractivity contribution is 0.0734. The number of aromatic nitrogens is 4. The minimum atomic E-state index is -0.195. The number of amides is 1. The topological polar surface area (TPSA) is 67.2 Å². The number of nitrogens with zero attached hydrogens (tertiary/aromatic N) is 6. The van der Waals surface area contributed by atoms with Crippen molar-refractivity contribution < 1.29 is 4.79 Å². The van der Waals surface area contributed by atoms with Gasteiger partial charge in [0, 0.05) is 36.9 Å². The number of halogens is 1. The Labute approximate surface area is 162 Å². The molecular formula is C19H19ClN6O. The molecule has 27 heavy (non-hydrogen) atoms.